The van der Waals surface area contributed by atoms with Crippen molar-refractivity contribution < 1.29 is 14.3 Å². The molecule has 0 amide bonds. The summed E-state index contributed by atoms with van der Waals surface area (Å²) < 4.78 is 9.88. The molecule has 0 saturated heterocycles. The molecule has 0 aliphatic carbocycles. The van der Waals surface area contributed by atoms with E-state index in [0.29, 0.717) is 13.2 Å². The van der Waals surface area contributed by atoms with Gasteiger partial charge in [0.05, 0.1) is 13.2 Å². The number of hydrogen-bond acceptors (Lipinski definition) is 3. The van der Waals surface area contributed by atoms with E-state index in [2.05, 4.69) is 0 Å². The zero-order valence-electron chi connectivity index (χ0n) is 9.60. The van der Waals surface area contributed by atoms with Gasteiger partial charge in [0.15, 0.2) is 0 Å². The van der Waals surface area contributed by atoms with Crippen LogP contribution in [-0.2, 0) is 20.9 Å². The summed E-state index contributed by atoms with van der Waals surface area (Å²) in [5.41, 5.74) is 2.02. The molecule has 0 aliphatic rings. The van der Waals surface area contributed by atoms with Gasteiger partial charge < -0.3 is 9.47 Å². The molecule has 0 spiro atoms. The molecule has 0 aromatic heterocycles. The molecule has 0 heterocycles. The fourth-order valence-electron chi connectivity index (χ4n) is 1.33. The minimum Gasteiger partial charge on any atom is -0.463 e. The van der Waals surface area contributed by atoms with Gasteiger partial charge in [-0.3, -0.25) is 0 Å². The van der Waals surface area contributed by atoms with Crippen LogP contribution in [0.4, 0.5) is 0 Å². The summed E-state index contributed by atoms with van der Waals surface area (Å²) in [6.45, 7) is 2.71. The first kappa shape index (κ1) is 12.5. The molecule has 0 bridgehead atoms. The second kappa shape index (κ2) is 6.80. The van der Waals surface area contributed by atoms with E-state index in [-0.39, 0.29) is 5.97 Å². The Kier molecular flexibility index (Phi) is 5.29. The Balaban J connectivity index is 2.75. The molecular weight excluding hydrogens is 204 g/mol. The van der Waals surface area contributed by atoms with Crippen LogP contribution in [0.1, 0.15) is 18.1 Å². The molecule has 0 fully saturated rings. The van der Waals surface area contributed by atoms with Gasteiger partial charge in [0.1, 0.15) is 0 Å². The van der Waals surface area contributed by atoms with Gasteiger partial charge in [-0.1, -0.05) is 24.3 Å². The van der Waals surface area contributed by atoms with Gasteiger partial charge in [0.25, 0.3) is 0 Å². The zero-order valence-corrected chi connectivity index (χ0v) is 9.60. The predicted molar refractivity (Wildman–Crippen MR) is 62.8 cm³/mol. The highest BCUT2D eigenvalue weighted by molar-refractivity contribution is 5.87. The largest absolute Gasteiger partial charge is 0.463 e. The number of carbonyl (C=O) groups excluding carboxylic acids is 1. The Labute approximate surface area is 95.7 Å². The Morgan fingerprint density at radius 1 is 1.38 bits per heavy atom. The molecule has 0 saturated carbocycles. The van der Waals surface area contributed by atoms with Crippen molar-refractivity contribution in [3.63, 3.8) is 0 Å². The number of carbonyl (C=O) groups is 1. The van der Waals surface area contributed by atoms with Gasteiger partial charge in [0.2, 0.25) is 0 Å². The lowest BCUT2D eigenvalue weighted by Gasteiger charge is -2.03. The van der Waals surface area contributed by atoms with E-state index >= 15 is 0 Å². The molecule has 0 unspecified atom stereocenters. The fourth-order valence-corrected chi connectivity index (χ4v) is 1.33. The van der Waals surface area contributed by atoms with Crippen LogP contribution in [0.5, 0.6) is 0 Å². The predicted octanol–water partition coefficient (Wildman–Crippen LogP) is 2.41. The topological polar surface area (TPSA) is 35.5 Å². The first-order valence-electron chi connectivity index (χ1n) is 5.19. The Morgan fingerprint density at radius 3 is 2.81 bits per heavy atom. The van der Waals surface area contributed by atoms with Gasteiger partial charge in [-0.2, -0.15) is 0 Å². The van der Waals surface area contributed by atoms with Crippen molar-refractivity contribution in [2.24, 2.45) is 0 Å². The minimum atomic E-state index is -0.324. The van der Waals surface area contributed by atoms with Gasteiger partial charge in [-0.15, -0.1) is 0 Å². The van der Waals surface area contributed by atoms with E-state index in [1.165, 1.54) is 6.08 Å². The van der Waals surface area contributed by atoms with E-state index in [1.54, 1.807) is 20.1 Å². The third-order valence-corrected chi connectivity index (χ3v) is 2.04. The van der Waals surface area contributed by atoms with Crippen LogP contribution in [-0.4, -0.2) is 19.7 Å². The SMILES string of the molecule is CCOC(=O)/C=C/c1ccccc1COC. The summed E-state index contributed by atoms with van der Waals surface area (Å²) in [6, 6.07) is 7.76. The summed E-state index contributed by atoms with van der Waals surface area (Å²) >= 11 is 0. The minimum absolute atomic E-state index is 0.324. The monoisotopic (exact) mass is 220 g/mol. The van der Waals surface area contributed by atoms with Crippen LogP contribution in [0, 0.1) is 0 Å². The van der Waals surface area contributed by atoms with Crippen LogP contribution in [0.3, 0.4) is 0 Å². The van der Waals surface area contributed by atoms with Crippen molar-refractivity contribution in [1.82, 2.24) is 0 Å². The average molecular weight is 220 g/mol. The Morgan fingerprint density at radius 2 is 2.12 bits per heavy atom. The molecule has 0 atom stereocenters. The standard InChI is InChI=1S/C13H16O3/c1-3-16-13(14)9-8-11-6-4-5-7-12(11)10-15-2/h4-9H,3,10H2,1-2H3/b9-8+. The quantitative estimate of drug-likeness (QED) is 0.564. The summed E-state index contributed by atoms with van der Waals surface area (Å²) in [5, 5.41) is 0. The maximum absolute atomic E-state index is 11.1. The highest BCUT2D eigenvalue weighted by Crippen LogP contribution is 2.11. The van der Waals surface area contributed by atoms with E-state index < -0.39 is 0 Å². The summed E-state index contributed by atoms with van der Waals surface area (Å²) in [4.78, 5) is 11.1. The number of benzene rings is 1. The van der Waals surface area contributed by atoms with Crippen molar-refractivity contribution in [3.05, 3.63) is 41.5 Å². The average Bonchev–Trinajstić information content (AvgIpc) is 2.29. The molecule has 1 aromatic rings. The smallest absolute Gasteiger partial charge is 0.330 e. The second-order valence-electron chi connectivity index (χ2n) is 3.22. The fraction of sp³-hybridized carbons (Fsp3) is 0.308. The number of esters is 1. The van der Waals surface area contributed by atoms with Crippen LogP contribution >= 0.6 is 0 Å². The van der Waals surface area contributed by atoms with Crippen molar-refractivity contribution in [2.45, 2.75) is 13.5 Å². The van der Waals surface area contributed by atoms with Crippen molar-refractivity contribution in [1.29, 1.82) is 0 Å². The molecular formula is C13H16O3. The van der Waals surface area contributed by atoms with Crippen molar-refractivity contribution in [2.75, 3.05) is 13.7 Å². The van der Waals surface area contributed by atoms with E-state index in [4.69, 9.17) is 9.47 Å². The summed E-state index contributed by atoms with van der Waals surface area (Å²) in [5.74, 6) is -0.324. The van der Waals surface area contributed by atoms with Crippen molar-refractivity contribution >= 4 is 12.0 Å². The molecule has 3 nitrogen and oxygen atoms in total. The molecule has 3 heteroatoms. The first-order valence-corrected chi connectivity index (χ1v) is 5.19. The van der Waals surface area contributed by atoms with Gasteiger partial charge >= 0.3 is 5.97 Å². The lowest BCUT2D eigenvalue weighted by atomic mass is 10.1. The van der Waals surface area contributed by atoms with Crippen LogP contribution in [0.25, 0.3) is 6.08 Å². The maximum atomic E-state index is 11.1. The molecule has 0 radical (unpaired) electrons. The summed E-state index contributed by atoms with van der Waals surface area (Å²) in [6.07, 6.45) is 3.17. The Hall–Kier alpha value is -1.61. The maximum Gasteiger partial charge on any atom is 0.330 e. The normalized spacial score (nSPS) is 10.6. The molecule has 0 aliphatic heterocycles. The second-order valence-corrected chi connectivity index (χ2v) is 3.22. The highest BCUT2D eigenvalue weighted by Gasteiger charge is 1.99. The lowest BCUT2D eigenvalue weighted by Crippen LogP contribution is -1.99. The van der Waals surface area contributed by atoms with Gasteiger partial charge in [-0.05, 0) is 24.1 Å². The van der Waals surface area contributed by atoms with Gasteiger partial charge in [-0.25, -0.2) is 4.79 Å². The number of ether oxygens (including phenoxy) is 2. The van der Waals surface area contributed by atoms with E-state index in [9.17, 15) is 4.79 Å². The number of methoxy groups -OCH3 is 1. The zero-order chi connectivity index (χ0) is 11.8. The molecule has 16 heavy (non-hydrogen) atoms. The van der Waals surface area contributed by atoms with E-state index in [1.807, 2.05) is 24.3 Å². The molecule has 1 rings (SSSR count). The summed E-state index contributed by atoms with van der Waals surface area (Å²) in [7, 11) is 1.64. The molecule has 86 valence electrons. The van der Waals surface area contributed by atoms with Crippen LogP contribution in [0.2, 0.25) is 0 Å². The van der Waals surface area contributed by atoms with E-state index in [0.717, 1.165) is 11.1 Å². The van der Waals surface area contributed by atoms with Crippen molar-refractivity contribution in [3.8, 4) is 0 Å². The Bertz CT molecular complexity index is 369. The van der Waals surface area contributed by atoms with Crippen LogP contribution in [0.15, 0.2) is 30.3 Å². The van der Waals surface area contributed by atoms with Gasteiger partial charge in [0, 0.05) is 13.2 Å². The first-order chi connectivity index (χ1) is 7.77. The van der Waals surface area contributed by atoms with Crippen LogP contribution < -0.4 is 0 Å². The highest BCUT2D eigenvalue weighted by atomic mass is 16.5. The number of hydrogen-bond donors (Lipinski definition) is 0. The lowest BCUT2D eigenvalue weighted by molar-refractivity contribution is -0.137. The molecule has 1 aromatic carbocycles. The number of rotatable bonds is 5. The third-order valence-electron chi connectivity index (χ3n) is 2.04. The molecule has 0 N–H and O–H groups in total. The third kappa shape index (κ3) is 3.87.